The first kappa shape index (κ1) is 21.3. The number of sulfone groups is 1. The number of carbonyl (C=O) groups is 1. The fourth-order valence-electron chi connectivity index (χ4n) is 3.18. The Morgan fingerprint density at radius 1 is 0.969 bits per heavy atom. The molecule has 1 amide bonds. The molecule has 0 atom stereocenters. The number of carbonyl (C=O) groups excluding carboxylic acids is 1. The van der Waals surface area contributed by atoms with Gasteiger partial charge in [0.1, 0.15) is 11.3 Å². The molecule has 4 rings (SSSR count). The van der Waals surface area contributed by atoms with Crippen LogP contribution >= 0.6 is 0 Å². The van der Waals surface area contributed by atoms with E-state index >= 15 is 0 Å². The van der Waals surface area contributed by atoms with Crippen molar-refractivity contribution in [2.75, 3.05) is 12.4 Å². The fraction of sp³-hybridized carbons (Fsp3) is 0.0833. The maximum absolute atomic E-state index is 13.0. The largest absolute Gasteiger partial charge is 0.497 e. The van der Waals surface area contributed by atoms with Gasteiger partial charge in [0, 0.05) is 22.7 Å². The molecule has 0 aliphatic rings. The molecular weight excluding hydrogens is 430 g/mol. The first-order valence-corrected chi connectivity index (χ1v) is 11.1. The predicted octanol–water partition coefficient (Wildman–Crippen LogP) is 4.20. The molecule has 7 nitrogen and oxygen atoms in total. The second-order valence-corrected chi connectivity index (χ2v) is 9.07. The van der Waals surface area contributed by atoms with Gasteiger partial charge in [-0.15, -0.1) is 0 Å². The van der Waals surface area contributed by atoms with Crippen LogP contribution in [0.1, 0.15) is 15.9 Å². The van der Waals surface area contributed by atoms with Gasteiger partial charge in [-0.3, -0.25) is 4.79 Å². The van der Waals surface area contributed by atoms with E-state index in [-0.39, 0.29) is 16.0 Å². The molecule has 1 aromatic heterocycles. The minimum Gasteiger partial charge on any atom is -0.497 e. The third-order valence-electron chi connectivity index (χ3n) is 4.91. The third-order valence-corrected chi connectivity index (χ3v) is 6.67. The van der Waals surface area contributed by atoms with Crippen molar-refractivity contribution in [3.8, 4) is 5.75 Å². The number of rotatable bonds is 5. The summed E-state index contributed by atoms with van der Waals surface area (Å²) in [6.07, 6.45) is 0. The van der Waals surface area contributed by atoms with Gasteiger partial charge >= 0.3 is 5.63 Å². The van der Waals surface area contributed by atoms with Crippen molar-refractivity contribution in [2.45, 2.75) is 16.7 Å². The second kappa shape index (κ2) is 8.32. The van der Waals surface area contributed by atoms with E-state index in [1.807, 2.05) is 6.92 Å². The monoisotopic (exact) mass is 449 g/mol. The molecule has 1 N–H and O–H groups in total. The Kier molecular flexibility index (Phi) is 5.54. The number of methoxy groups -OCH3 is 1. The lowest BCUT2D eigenvalue weighted by Crippen LogP contribution is -2.15. The minimum absolute atomic E-state index is 0.0123. The zero-order valence-electron chi connectivity index (χ0n) is 17.3. The van der Waals surface area contributed by atoms with Crippen molar-refractivity contribution in [1.82, 2.24) is 0 Å². The Morgan fingerprint density at radius 2 is 1.72 bits per heavy atom. The summed E-state index contributed by atoms with van der Waals surface area (Å²) >= 11 is 0. The number of aryl methyl sites for hydroxylation is 1. The van der Waals surface area contributed by atoms with Crippen LogP contribution in [0.2, 0.25) is 0 Å². The Balaban J connectivity index is 1.72. The summed E-state index contributed by atoms with van der Waals surface area (Å²) in [5.41, 5.74) is 0.910. The quantitative estimate of drug-likeness (QED) is 0.458. The van der Waals surface area contributed by atoms with Gasteiger partial charge in [-0.1, -0.05) is 23.8 Å². The molecule has 32 heavy (non-hydrogen) atoms. The van der Waals surface area contributed by atoms with Crippen LogP contribution in [0.4, 0.5) is 5.69 Å². The molecule has 162 valence electrons. The van der Waals surface area contributed by atoms with Gasteiger partial charge in [0.15, 0.2) is 4.90 Å². The number of amides is 1. The number of anilines is 1. The average molecular weight is 449 g/mol. The molecule has 0 bridgehead atoms. The first-order chi connectivity index (χ1) is 15.3. The molecule has 4 aromatic rings. The van der Waals surface area contributed by atoms with Crippen LogP contribution in [0.5, 0.6) is 5.75 Å². The van der Waals surface area contributed by atoms with Gasteiger partial charge in [0.2, 0.25) is 9.84 Å². The van der Waals surface area contributed by atoms with Crippen molar-refractivity contribution in [1.29, 1.82) is 0 Å². The van der Waals surface area contributed by atoms with Crippen LogP contribution in [-0.2, 0) is 9.84 Å². The molecule has 0 saturated carbocycles. The fourth-order valence-corrected chi connectivity index (χ4v) is 4.47. The molecule has 0 fully saturated rings. The van der Waals surface area contributed by atoms with E-state index in [0.717, 1.165) is 5.56 Å². The van der Waals surface area contributed by atoms with E-state index in [0.29, 0.717) is 16.8 Å². The van der Waals surface area contributed by atoms with E-state index < -0.39 is 26.3 Å². The zero-order valence-corrected chi connectivity index (χ0v) is 18.1. The van der Waals surface area contributed by atoms with E-state index in [2.05, 4.69) is 5.32 Å². The maximum atomic E-state index is 13.0. The lowest BCUT2D eigenvalue weighted by molar-refractivity contribution is 0.102. The Hall–Kier alpha value is -3.91. The Bertz CT molecular complexity index is 1490. The van der Waals surface area contributed by atoms with E-state index in [9.17, 15) is 18.0 Å². The highest BCUT2D eigenvalue weighted by Gasteiger charge is 2.23. The van der Waals surface area contributed by atoms with Crippen LogP contribution in [0, 0.1) is 6.92 Å². The van der Waals surface area contributed by atoms with Gasteiger partial charge in [-0.05, 0) is 55.5 Å². The summed E-state index contributed by atoms with van der Waals surface area (Å²) in [5.74, 6) is 0.184. The van der Waals surface area contributed by atoms with Crippen LogP contribution in [0.25, 0.3) is 11.0 Å². The normalized spacial score (nSPS) is 11.3. The zero-order chi connectivity index (χ0) is 22.9. The molecule has 8 heteroatoms. The lowest BCUT2D eigenvalue weighted by Gasteiger charge is -2.08. The average Bonchev–Trinajstić information content (AvgIpc) is 2.78. The summed E-state index contributed by atoms with van der Waals surface area (Å²) in [7, 11) is -2.56. The number of ether oxygens (including phenoxy) is 1. The Morgan fingerprint density at radius 3 is 2.44 bits per heavy atom. The summed E-state index contributed by atoms with van der Waals surface area (Å²) in [5, 5.41) is 3.07. The predicted molar refractivity (Wildman–Crippen MR) is 120 cm³/mol. The van der Waals surface area contributed by atoms with Crippen molar-refractivity contribution in [2.24, 2.45) is 0 Å². The Labute approximate surface area is 184 Å². The van der Waals surface area contributed by atoms with Crippen molar-refractivity contribution >= 4 is 32.4 Å². The van der Waals surface area contributed by atoms with Gasteiger partial charge < -0.3 is 14.5 Å². The summed E-state index contributed by atoms with van der Waals surface area (Å²) in [6, 6.07) is 18.7. The number of hydrogen-bond donors (Lipinski definition) is 1. The molecule has 0 spiro atoms. The molecule has 0 aliphatic carbocycles. The van der Waals surface area contributed by atoms with Crippen molar-refractivity contribution in [3.05, 3.63) is 94.3 Å². The molecule has 3 aromatic carbocycles. The summed E-state index contributed by atoms with van der Waals surface area (Å²) in [4.78, 5) is 24.6. The molecule has 1 heterocycles. The van der Waals surface area contributed by atoms with Crippen LogP contribution < -0.4 is 15.7 Å². The molecule has 0 aliphatic heterocycles. The SMILES string of the molecule is COc1cccc(NC(=O)c2ccc3oc(=O)c(S(=O)(=O)c4ccc(C)cc4)cc3c2)c1. The van der Waals surface area contributed by atoms with Crippen LogP contribution in [0.15, 0.2) is 91.8 Å². The van der Waals surface area contributed by atoms with Gasteiger partial charge in [-0.25, -0.2) is 13.2 Å². The summed E-state index contributed by atoms with van der Waals surface area (Å²) in [6.45, 7) is 1.83. The molecule has 0 unspecified atom stereocenters. The number of hydrogen-bond acceptors (Lipinski definition) is 6. The molecule has 0 saturated heterocycles. The van der Waals surface area contributed by atoms with Gasteiger partial charge in [0.05, 0.1) is 12.0 Å². The number of nitrogens with one attached hydrogen (secondary N) is 1. The highest BCUT2D eigenvalue weighted by Crippen LogP contribution is 2.24. The van der Waals surface area contributed by atoms with E-state index in [1.54, 1.807) is 36.4 Å². The third kappa shape index (κ3) is 4.13. The van der Waals surface area contributed by atoms with E-state index in [1.165, 1.54) is 43.5 Å². The second-order valence-electron chi connectivity index (χ2n) is 7.15. The lowest BCUT2D eigenvalue weighted by atomic mass is 10.1. The standard InChI is InChI=1S/C24H19NO6S/c1-15-6-9-20(10-7-15)32(28,29)22-13-17-12-16(8-11-21(17)31-24(22)27)23(26)25-18-4-3-5-19(14-18)30-2/h3-14H,1-2H3,(H,25,26). The van der Waals surface area contributed by atoms with Gasteiger partial charge in [0.25, 0.3) is 5.91 Å². The topological polar surface area (TPSA) is 103 Å². The highest BCUT2D eigenvalue weighted by molar-refractivity contribution is 7.91. The van der Waals surface area contributed by atoms with E-state index in [4.69, 9.17) is 9.15 Å². The number of fused-ring (bicyclic) bond motifs is 1. The van der Waals surface area contributed by atoms with Gasteiger partial charge in [-0.2, -0.15) is 0 Å². The molecule has 0 radical (unpaired) electrons. The minimum atomic E-state index is -4.09. The maximum Gasteiger partial charge on any atom is 0.355 e. The van der Waals surface area contributed by atoms with Crippen LogP contribution in [-0.4, -0.2) is 21.4 Å². The first-order valence-electron chi connectivity index (χ1n) is 9.63. The summed E-state index contributed by atoms with van der Waals surface area (Å²) < 4.78 is 36.3. The van der Waals surface area contributed by atoms with Crippen molar-refractivity contribution in [3.63, 3.8) is 0 Å². The smallest absolute Gasteiger partial charge is 0.355 e. The van der Waals surface area contributed by atoms with Crippen LogP contribution in [0.3, 0.4) is 0 Å². The number of benzene rings is 3. The van der Waals surface area contributed by atoms with Crippen molar-refractivity contribution < 1.29 is 22.4 Å². The molecular formula is C24H19NO6S. The highest BCUT2D eigenvalue weighted by atomic mass is 32.2.